The average Bonchev–Trinajstić information content (AvgIpc) is 2.64. The van der Waals surface area contributed by atoms with Gasteiger partial charge in [-0.3, -0.25) is 4.79 Å². The van der Waals surface area contributed by atoms with Gasteiger partial charge in [0.05, 0.1) is 11.9 Å². The van der Waals surface area contributed by atoms with Crippen molar-refractivity contribution >= 4 is 29.2 Å². The van der Waals surface area contributed by atoms with Crippen LogP contribution in [0.25, 0.3) is 0 Å². The minimum Gasteiger partial charge on any atom is -0.354 e. The number of thioether (sulfide) groups is 1. The van der Waals surface area contributed by atoms with Gasteiger partial charge in [-0.15, -0.1) is 0 Å². The maximum atomic E-state index is 12.4. The molecule has 0 bridgehead atoms. The van der Waals surface area contributed by atoms with E-state index in [4.69, 9.17) is 0 Å². The number of rotatable bonds is 5. The van der Waals surface area contributed by atoms with Crippen LogP contribution in [0, 0.1) is 0 Å². The molecule has 1 aliphatic rings. The van der Waals surface area contributed by atoms with E-state index in [2.05, 4.69) is 33.4 Å². The quantitative estimate of drug-likeness (QED) is 0.893. The molecule has 0 saturated carbocycles. The molecule has 25 heavy (non-hydrogen) atoms. The van der Waals surface area contributed by atoms with Crippen LogP contribution in [0.5, 0.6) is 0 Å². The minimum absolute atomic E-state index is 0.0999. The van der Waals surface area contributed by atoms with Gasteiger partial charge in [0.2, 0.25) is 0 Å². The number of pyridine rings is 1. The lowest BCUT2D eigenvalue weighted by Crippen LogP contribution is -2.44. The third kappa shape index (κ3) is 4.74. The number of benzene rings is 1. The van der Waals surface area contributed by atoms with Crippen LogP contribution in [0.1, 0.15) is 15.9 Å². The monoisotopic (exact) mass is 356 g/mol. The van der Waals surface area contributed by atoms with Gasteiger partial charge in [0.15, 0.2) is 0 Å². The third-order valence-electron chi connectivity index (χ3n) is 4.33. The summed E-state index contributed by atoms with van der Waals surface area (Å²) in [5.41, 5.74) is 2.55. The standard InChI is InChI=1S/C19H24N4OS/c1-22-8-10-23(11-9-22)18-7-6-17(13-20-18)21-19(24)16-5-3-4-15(12-16)14-25-2/h3-7,12-13H,8-11,14H2,1-2H3,(H,21,24). The van der Waals surface area contributed by atoms with E-state index >= 15 is 0 Å². The molecule has 1 aromatic heterocycles. The molecule has 132 valence electrons. The average molecular weight is 356 g/mol. The lowest BCUT2D eigenvalue weighted by molar-refractivity contribution is 0.102. The Balaban J connectivity index is 1.63. The summed E-state index contributed by atoms with van der Waals surface area (Å²) in [5, 5.41) is 2.93. The SMILES string of the molecule is CSCc1cccc(C(=O)Nc2ccc(N3CCN(C)CC3)nc2)c1. The highest BCUT2D eigenvalue weighted by Crippen LogP contribution is 2.17. The number of carbonyl (C=O) groups is 1. The lowest BCUT2D eigenvalue weighted by atomic mass is 10.1. The number of piperazine rings is 1. The molecule has 5 nitrogen and oxygen atoms in total. The number of nitrogens with one attached hydrogen (secondary N) is 1. The van der Waals surface area contributed by atoms with Crippen LogP contribution in [0.3, 0.4) is 0 Å². The van der Waals surface area contributed by atoms with E-state index in [1.807, 2.05) is 36.4 Å². The van der Waals surface area contributed by atoms with Gasteiger partial charge >= 0.3 is 0 Å². The first-order valence-corrected chi connectivity index (χ1v) is 9.84. The summed E-state index contributed by atoms with van der Waals surface area (Å²) >= 11 is 1.74. The van der Waals surface area contributed by atoms with Crippen molar-refractivity contribution in [3.8, 4) is 0 Å². The highest BCUT2D eigenvalue weighted by Gasteiger charge is 2.15. The largest absolute Gasteiger partial charge is 0.354 e. The second-order valence-corrected chi connectivity index (χ2v) is 7.15. The van der Waals surface area contributed by atoms with Crippen molar-refractivity contribution in [2.45, 2.75) is 5.75 Å². The topological polar surface area (TPSA) is 48.5 Å². The zero-order valence-corrected chi connectivity index (χ0v) is 15.6. The summed E-state index contributed by atoms with van der Waals surface area (Å²) in [6.07, 6.45) is 3.79. The molecule has 1 N–H and O–H groups in total. The Morgan fingerprint density at radius 1 is 1.20 bits per heavy atom. The molecule has 2 heterocycles. The van der Waals surface area contributed by atoms with Crippen molar-refractivity contribution in [2.24, 2.45) is 0 Å². The Morgan fingerprint density at radius 2 is 2.00 bits per heavy atom. The molecule has 1 aromatic carbocycles. The van der Waals surface area contributed by atoms with Crippen molar-refractivity contribution in [3.63, 3.8) is 0 Å². The highest BCUT2D eigenvalue weighted by molar-refractivity contribution is 7.97. The van der Waals surface area contributed by atoms with E-state index in [0.29, 0.717) is 5.56 Å². The Kier molecular flexibility index (Phi) is 5.94. The number of likely N-dealkylation sites (N-methyl/N-ethyl adjacent to an activating group) is 1. The molecule has 0 atom stereocenters. The predicted molar refractivity (Wildman–Crippen MR) is 106 cm³/mol. The van der Waals surface area contributed by atoms with Crippen LogP contribution >= 0.6 is 11.8 Å². The summed E-state index contributed by atoms with van der Waals surface area (Å²) in [5.74, 6) is 1.77. The molecule has 3 rings (SSSR count). The molecule has 0 unspecified atom stereocenters. The number of hydrogen-bond acceptors (Lipinski definition) is 5. The van der Waals surface area contributed by atoms with E-state index in [9.17, 15) is 4.79 Å². The van der Waals surface area contributed by atoms with Gasteiger partial charge in [0, 0.05) is 37.5 Å². The van der Waals surface area contributed by atoms with Crippen LogP contribution in [0.15, 0.2) is 42.6 Å². The summed E-state index contributed by atoms with van der Waals surface area (Å²) < 4.78 is 0. The van der Waals surface area contributed by atoms with Crippen molar-refractivity contribution in [1.82, 2.24) is 9.88 Å². The summed E-state index contributed by atoms with van der Waals surface area (Å²) in [7, 11) is 2.14. The molecular weight excluding hydrogens is 332 g/mol. The molecule has 1 saturated heterocycles. The molecule has 0 spiro atoms. The van der Waals surface area contributed by atoms with Gasteiger partial charge in [-0.25, -0.2) is 4.98 Å². The van der Waals surface area contributed by atoms with Crippen molar-refractivity contribution in [3.05, 3.63) is 53.7 Å². The molecular formula is C19H24N4OS. The molecule has 1 aliphatic heterocycles. The first kappa shape index (κ1) is 17.8. The predicted octanol–water partition coefficient (Wildman–Crippen LogP) is 2.95. The van der Waals surface area contributed by atoms with Crippen LogP contribution < -0.4 is 10.2 Å². The fourth-order valence-electron chi connectivity index (χ4n) is 2.85. The van der Waals surface area contributed by atoms with Crippen LogP contribution in [-0.2, 0) is 5.75 Å². The van der Waals surface area contributed by atoms with E-state index in [0.717, 1.165) is 49.0 Å². The Hall–Kier alpha value is -2.05. The Morgan fingerprint density at radius 3 is 2.68 bits per heavy atom. The van der Waals surface area contributed by atoms with Gasteiger partial charge in [0.1, 0.15) is 5.82 Å². The maximum Gasteiger partial charge on any atom is 0.255 e. The first-order valence-electron chi connectivity index (χ1n) is 8.44. The molecule has 0 aliphatic carbocycles. The lowest BCUT2D eigenvalue weighted by Gasteiger charge is -2.33. The van der Waals surface area contributed by atoms with Crippen molar-refractivity contribution in [2.75, 3.05) is 49.7 Å². The van der Waals surface area contributed by atoms with Crippen molar-refractivity contribution < 1.29 is 4.79 Å². The summed E-state index contributed by atoms with van der Waals surface area (Å²) in [6.45, 7) is 4.06. The van der Waals surface area contributed by atoms with Gasteiger partial charge in [-0.1, -0.05) is 12.1 Å². The van der Waals surface area contributed by atoms with Gasteiger partial charge in [-0.2, -0.15) is 11.8 Å². The number of aromatic nitrogens is 1. The zero-order chi connectivity index (χ0) is 17.6. The van der Waals surface area contributed by atoms with E-state index in [1.54, 1.807) is 18.0 Å². The first-order chi connectivity index (χ1) is 12.2. The number of nitrogens with zero attached hydrogens (tertiary/aromatic N) is 3. The van der Waals surface area contributed by atoms with E-state index < -0.39 is 0 Å². The Labute approximate surface area is 153 Å². The molecule has 2 aromatic rings. The second-order valence-electron chi connectivity index (χ2n) is 6.28. The summed E-state index contributed by atoms with van der Waals surface area (Å²) in [4.78, 5) is 21.5. The number of anilines is 2. The fourth-order valence-corrected chi connectivity index (χ4v) is 3.37. The second kappa shape index (κ2) is 8.36. The molecule has 6 heteroatoms. The highest BCUT2D eigenvalue weighted by atomic mass is 32.2. The van der Waals surface area contributed by atoms with Crippen molar-refractivity contribution in [1.29, 1.82) is 0 Å². The van der Waals surface area contributed by atoms with E-state index in [1.165, 1.54) is 0 Å². The number of carbonyl (C=O) groups excluding carboxylic acids is 1. The normalized spacial score (nSPS) is 15.2. The number of hydrogen-bond donors (Lipinski definition) is 1. The van der Waals surface area contributed by atoms with Crippen LogP contribution in [0.4, 0.5) is 11.5 Å². The summed E-state index contributed by atoms with van der Waals surface area (Å²) in [6, 6.07) is 11.6. The minimum atomic E-state index is -0.0999. The Bertz CT molecular complexity index is 712. The molecule has 1 amide bonds. The fraction of sp³-hybridized carbons (Fsp3) is 0.368. The number of amides is 1. The molecule has 0 radical (unpaired) electrons. The smallest absolute Gasteiger partial charge is 0.255 e. The van der Waals surface area contributed by atoms with Gasteiger partial charge in [-0.05, 0) is 43.1 Å². The van der Waals surface area contributed by atoms with Gasteiger partial charge < -0.3 is 15.1 Å². The van der Waals surface area contributed by atoms with Crippen LogP contribution in [0.2, 0.25) is 0 Å². The zero-order valence-electron chi connectivity index (χ0n) is 14.7. The third-order valence-corrected chi connectivity index (χ3v) is 4.96. The molecule has 1 fully saturated rings. The maximum absolute atomic E-state index is 12.4. The van der Waals surface area contributed by atoms with Crippen LogP contribution in [-0.4, -0.2) is 55.3 Å². The van der Waals surface area contributed by atoms with E-state index in [-0.39, 0.29) is 5.91 Å². The van der Waals surface area contributed by atoms with Gasteiger partial charge in [0.25, 0.3) is 5.91 Å².